The van der Waals surface area contributed by atoms with Crippen LogP contribution in [-0.2, 0) is 9.53 Å². The molecule has 1 aliphatic carbocycles. The van der Waals surface area contributed by atoms with Gasteiger partial charge in [-0.15, -0.1) is 0 Å². The summed E-state index contributed by atoms with van der Waals surface area (Å²) in [6.07, 6.45) is 8.95. The van der Waals surface area contributed by atoms with Crippen molar-refractivity contribution in [1.29, 1.82) is 0 Å². The van der Waals surface area contributed by atoms with Gasteiger partial charge in [0.1, 0.15) is 17.6 Å². The van der Waals surface area contributed by atoms with Crippen molar-refractivity contribution >= 4 is 17.6 Å². The van der Waals surface area contributed by atoms with Gasteiger partial charge in [-0.3, -0.25) is 14.6 Å². The minimum atomic E-state index is -0.409. The molecule has 8 nitrogen and oxygen atoms in total. The SMILES string of the molecule is CCCCO[C@H]1CC[C@H](NC(=O)C2=CNC3C(C)=CN(c4ccccc4O)C(=O)N23)CC1. The maximum Gasteiger partial charge on any atom is 0.335 e. The first kappa shape index (κ1) is 22.2. The number of phenols is 1. The molecule has 172 valence electrons. The summed E-state index contributed by atoms with van der Waals surface area (Å²) in [5.41, 5.74) is 1.52. The lowest BCUT2D eigenvalue weighted by Crippen LogP contribution is -2.53. The van der Waals surface area contributed by atoms with Crippen LogP contribution < -0.4 is 15.5 Å². The monoisotopic (exact) mass is 440 g/mol. The van der Waals surface area contributed by atoms with Crippen LogP contribution in [-0.4, -0.2) is 46.9 Å². The molecule has 4 rings (SSSR count). The zero-order valence-corrected chi connectivity index (χ0v) is 18.7. The van der Waals surface area contributed by atoms with Crippen molar-refractivity contribution in [3.63, 3.8) is 0 Å². The van der Waals surface area contributed by atoms with Gasteiger partial charge in [-0.1, -0.05) is 25.5 Å². The number of unbranched alkanes of at least 4 members (excludes halogenated alkanes) is 1. The van der Waals surface area contributed by atoms with Gasteiger partial charge in [-0.25, -0.2) is 4.79 Å². The Bertz CT molecular complexity index is 920. The first-order valence-electron chi connectivity index (χ1n) is 11.5. The number of carbonyl (C=O) groups is 2. The number of phenolic OH excluding ortho intramolecular Hbond substituents is 1. The van der Waals surface area contributed by atoms with E-state index in [1.165, 1.54) is 15.9 Å². The van der Waals surface area contributed by atoms with Crippen LogP contribution >= 0.6 is 0 Å². The van der Waals surface area contributed by atoms with Gasteiger partial charge in [0.15, 0.2) is 0 Å². The molecule has 1 fully saturated rings. The molecule has 3 amide bonds. The molecular weight excluding hydrogens is 408 g/mol. The van der Waals surface area contributed by atoms with Crippen LogP contribution in [0.5, 0.6) is 5.75 Å². The Morgan fingerprint density at radius 3 is 2.72 bits per heavy atom. The number of amides is 3. The van der Waals surface area contributed by atoms with E-state index in [1.807, 2.05) is 6.92 Å². The van der Waals surface area contributed by atoms with Crippen molar-refractivity contribution < 1.29 is 19.4 Å². The van der Waals surface area contributed by atoms with E-state index in [0.29, 0.717) is 5.69 Å². The summed E-state index contributed by atoms with van der Waals surface area (Å²) in [4.78, 5) is 29.2. The van der Waals surface area contributed by atoms with Gasteiger partial charge in [-0.05, 0) is 56.7 Å². The Kier molecular flexibility index (Phi) is 6.69. The van der Waals surface area contributed by atoms with Crippen molar-refractivity contribution in [1.82, 2.24) is 15.5 Å². The number of benzene rings is 1. The lowest BCUT2D eigenvalue weighted by Gasteiger charge is -2.37. The molecule has 1 saturated carbocycles. The standard InChI is InChI=1S/C24H32N4O4/c1-3-4-13-32-18-11-9-17(10-12-18)26-23(30)20-14-25-22-16(2)15-27(24(31)28(20)22)19-7-5-6-8-21(19)29/h5-8,14-15,17-18,22,25,29H,3-4,9-13H2,1-2H3,(H,26,30)/t17-,18-,22?. The molecule has 0 aromatic heterocycles. The smallest absolute Gasteiger partial charge is 0.335 e. The number of nitrogens with zero attached hydrogens (tertiary/aromatic N) is 2. The molecule has 3 N–H and O–H groups in total. The third-order valence-electron chi connectivity index (χ3n) is 6.31. The molecule has 1 unspecified atom stereocenters. The quantitative estimate of drug-likeness (QED) is 0.564. The van der Waals surface area contributed by atoms with E-state index in [4.69, 9.17) is 4.74 Å². The number of para-hydroxylation sites is 2. The Morgan fingerprint density at radius 2 is 2.00 bits per heavy atom. The number of nitrogens with one attached hydrogen (secondary N) is 2. The normalized spacial score (nSPS) is 25.1. The number of hydrogen-bond acceptors (Lipinski definition) is 5. The molecule has 2 heterocycles. The van der Waals surface area contributed by atoms with E-state index >= 15 is 0 Å². The molecule has 0 saturated heterocycles. The molecular formula is C24H32N4O4. The van der Waals surface area contributed by atoms with E-state index in [-0.39, 0.29) is 35.5 Å². The average molecular weight is 441 g/mol. The number of ether oxygens (including phenoxy) is 1. The highest BCUT2D eigenvalue weighted by Gasteiger charge is 2.42. The Labute approximate surface area is 188 Å². The Balaban J connectivity index is 1.40. The molecule has 3 aliphatic rings. The second-order valence-electron chi connectivity index (χ2n) is 8.65. The van der Waals surface area contributed by atoms with Gasteiger partial charge < -0.3 is 20.5 Å². The maximum absolute atomic E-state index is 13.3. The van der Waals surface area contributed by atoms with Gasteiger partial charge >= 0.3 is 6.03 Å². The summed E-state index contributed by atoms with van der Waals surface area (Å²) in [5, 5.41) is 16.5. The predicted octanol–water partition coefficient (Wildman–Crippen LogP) is 3.55. The summed E-state index contributed by atoms with van der Waals surface area (Å²) in [5.74, 6) is -0.265. The number of hydrogen-bond donors (Lipinski definition) is 3. The van der Waals surface area contributed by atoms with Crippen LogP contribution in [0.1, 0.15) is 52.4 Å². The largest absolute Gasteiger partial charge is 0.506 e. The van der Waals surface area contributed by atoms with Gasteiger partial charge in [0, 0.05) is 25.0 Å². The zero-order valence-electron chi connectivity index (χ0n) is 18.7. The Hall–Kier alpha value is -3.00. The summed E-state index contributed by atoms with van der Waals surface area (Å²) < 4.78 is 5.92. The van der Waals surface area contributed by atoms with Crippen molar-refractivity contribution in [2.45, 2.75) is 70.7 Å². The van der Waals surface area contributed by atoms with Crippen molar-refractivity contribution in [2.24, 2.45) is 0 Å². The number of fused-ring (bicyclic) bond motifs is 1. The first-order chi connectivity index (χ1) is 15.5. The van der Waals surface area contributed by atoms with Crippen molar-refractivity contribution in [3.8, 4) is 5.75 Å². The molecule has 0 radical (unpaired) electrons. The molecule has 32 heavy (non-hydrogen) atoms. The number of rotatable bonds is 7. The highest BCUT2D eigenvalue weighted by atomic mass is 16.5. The first-order valence-corrected chi connectivity index (χ1v) is 11.5. The van der Waals surface area contributed by atoms with Crippen LogP contribution in [0.25, 0.3) is 0 Å². The molecule has 1 atom stereocenters. The average Bonchev–Trinajstić information content (AvgIpc) is 3.25. The van der Waals surface area contributed by atoms with Gasteiger partial charge in [0.2, 0.25) is 0 Å². The van der Waals surface area contributed by atoms with Crippen LogP contribution in [0.2, 0.25) is 0 Å². The molecule has 0 spiro atoms. The van der Waals surface area contributed by atoms with E-state index in [9.17, 15) is 14.7 Å². The van der Waals surface area contributed by atoms with Crippen LogP contribution in [0.3, 0.4) is 0 Å². The van der Waals surface area contributed by atoms with E-state index in [1.54, 1.807) is 30.6 Å². The molecule has 1 aromatic rings. The van der Waals surface area contributed by atoms with Crippen LogP contribution in [0.15, 0.2) is 47.9 Å². The number of carbonyl (C=O) groups excluding carboxylic acids is 2. The van der Waals surface area contributed by atoms with E-state index in [0.717, 1.165) is 50.7 Å². The van der Waals surface area contributed by atoms with Crippen LogP contribution in [0, 0.1) is 0 Å². The van der Waals surface area contributed by atoms with E-state index < -0.39 is 6.17 Å². The highest BCUT2D eigenvalue weighted by molar-refractivity contribution is 6.04. The van der Waals surface area contributed by atoms with Crippen molar-refractivity contribution in [2.75, 3.05) is 11.5 Å². The second kappa shape index (κ2) is 9.65. The maximum atomic E-state index is 13.3. The summed E-state index contributed by atoms with van der Waals surface area (Å²) in [7, 11) is 0. The molecule has 8 heteroatoms. The number of anilines is 1. The predicted molar refractivity (Wildman–Crippen MR) is 122 cm³/mol. The third kappa shape index (κ3) is 4.46. The lowest BCUT2D eigenvalue weighted by molar-refractivity contribution is -0.119. The topological polar surface area (TPSA) is 94.1 Å². The fraction of sp³-hybridized carbons (Fsp3) is 0.500. The van der Waals surface area contributed by atoms with Gasteiger partial charge in [0.25, 0.3) is 5.91 Å². The highest BCUT2D eigenvalue weighted by Crippen LogP contribution is 2.34. The Morgan fingerprint density at radius 1 is 1.25 bits per heavy atom. The van der Waals surface area contributed by atoms with Gasteiger partial charge in [-0.2, -0.15) is 0 Å². The minimum absolute atomic E-state index is 0.00315. The summed E-state index contributed by atoms with van der Waals surface area (Å²) in [6, 6.07) is 6.34. The van der Waals surface area contributed by atoms with E-state index in [2.05, 4.69) is 17.6 Å². The summed E-state index contributed by atoms with van der Waals surface area (Å²) >= 11 is 0. The molecule has 2 aliphatic heterocycles. The minimum Gasteiger partial charge on any atom is -0.506 e. The van der Waals surface area contributed by atoms with Gasteiger partial charge in [0.05, 0.1) is 11.8 Å². The number of urea groups is 1. The fourth-order valence-electron chi connectivity index (χ4n) is 4.48. The third-order valence-corrected chi connectivity index (χ3v) is 6.31. The lowest BCUT2D eigenvalue weighted by atomic mass is 9.93. The summed E-state index contributed by atoms with van der Waals surface area (Å²) in [6.45, 7) is 4.84. The molecule has 1 aromatic carbocycles. The van der Waals surface area contributed by atoms with Crippen LogP contribution in [0.4, 0.5) is 10.5 Å². The second-order valence-corrected chi connectivity index (χ2v) is 8.65. The molecule has 0 bridgehead atoms. The zero-order chi connectivity index (χ0) is 22.7. The fourth-order valence-corrected chi connectivity index (χ4v) is 4.48. The number of aromatic hydroxyl groups is 1. The van der Waals surface area contributed by atoms with Crippen molar-refractivity contribution in [3.05, 3.63) is 47.9 Å².